The van der Waals surface area contributed by atoms with Gasteiger partial charge in [-0.15, -0.1) is 11.3 Å². The molecule has 1 aromatic carbocycles. The normalized spacial score (nSPS) is 11.1. The molecule has 0 saturated heterocycles. The Bertz CT molecular complexity index is 739. The summed E-state index contributed by atoms with van der Waals surface area (Å²) in [5.74, 6) is 0. The van der Waals surface area contributed by atoms with Crippen LogP contribution in [0.25, 0.3) is 10.9 Å². The number of nitrogens with one attached hydrogen (secondary N) is 1. The SMILES string of the molecule is Cc1ncsc1CNCc1cc(Cl)cc2cccnc12. The Kier molecular flexibility index (Phi) is 3.96. The van der Waals surface area contributed by atoms with Crippen molar-refractivity contribution in [3.63, 3.8) is 0 Å². The van der Waals surface area contributed by atoms with Crippen molar-refractivity contribution in [3.8, 4) is 0 Å². The summed E-state index contributed by atoms with van der Waals surface area (Å²) in [5, 5.41) is 5.26. The topological polar surface area (TPSA) is 37.8 Å². The highest BCUT2D eigenvalue weighted by Gasteiger charge is 2.05. The molecule has 0 aliphatic rings. The number of nitrogens with zero attached hydrogens (tertiary/aromatic N) is 2. The number of aryl methyl sites for hydroxylation is 1. The fourth-order valence-corrected chi connectivity index (χ4v) is 3.16. The summed E-state index contributed by atoms with van der Waals surface area (Å²) in [7, 11) is 0. The average molecular weight is 304 g/mol. The second kappa shape index (κ2) is 5.87. The molecule has 0 unspecified atom stereocenters. The van der Waals surface area contributed by atoms with Gasteiger partial charge in [0.2, 0.25) is 0 Å². The smallest absolute Gasteiger partial charge is 0.0798 e. The molecule has 0 radical (unpaired) electrons. The monoisotopic (exact) mass is 303 g/mol. The first-order valence-electron chi connectivity index (χ1n) is 6.37. The number of benzene rings is 1. The van der Waals surface area contributed by atoms with Crippen LogP contribution in [0, 0.1) is 6.92 Å². The van der Waals surface area contributed by atoms with Crippen molar-refractivity contribution < 1.29 is 0 Å². The van der Waals surface area contributed by atoms with E-state index in [1.54, 1.807) is 11.3 Å². The summed E-state index contributed by atoms with van der Waals surface area (Å²) in [6.45, 7) is 3.59. The molecule has 3 rings (SSSR count). The molecule has 0 saturated carbocycles. The van der Waals surface area contributed by atoms with E-state index < -0.39 is 0 Å². The predicted molar refractivity (Wildman–Crippen MR) is 84.1 cm³/mol. The number of halogens is 1. The standard InChI is InChI=1S/C15H14ClN3S/c1-10-14(20-9-19-10)8-17-7-12-6-13(16)5-11-3-2-4-18-15(11)12/h2-6,9,17H,7-8H2,1H3. The van der Waals surface area contributed by atoms with E-state index in [1.165, 1.54) is 4.88 Å². The van der Waals surface area contributed by atoms with Gasteiger partial charge in [-0.2, -0.15) is 0 Å². The number of rotatable bonds is 4. The van der Waals surface area contributed by atoms with Gasteiger partial charge in [0, 0.05) is 34.6 Å². The zero-order chi connectivity index (χ0) is 13.9. The van der Waals surface area contributed by atoms with Crippen LogP contribution in [0.15, 0.2) is 36.0 Å². The maximum atomic E-state index is 6.16. The van der Waals surface area contributed by atoms with Gasteiger partial charge in [0.25, 0.3) is 0 Å². The number of hydrogen-bond donors (Lipinski definition) is 1. The maximum Gasteiger partial charge on any atom is 0.0798 e. The Morgan fingerprint density at radius 2 is 2.15 bits per heavy atom. The van der Waals surface area contributed by atoms with Crippen molar-refractivity contribution in [1.82, 2.24) is 15.3 Å². The summed E-state index contributed by atoms with van der Waals surface area (Å²) in [4.78, 5) is 9.97. The Balaban J connectivity index is 1.79. The lowest BCUT2D eigenvalue weighted by atomic mass is 10.1. The molecular formula is C15H14ClN3S. The molecule has 0 bridgehead atoms. The highest BCUT2D eigenvalue weighted by atomic mass is 35.5. The molecule has 2 aromatic heterocycles. The Morgan fingerprint density at radius 1 is 1.25 bits per heavy atom. The van der Waals surface area contributed by atoms with Gasteiger partial charge in [0.15, 0.2) is 0 Å². The Labute approximate surface area is 126 Å². The molecule has 102 valence electrons. The third-order valence-electron chi connectivity index (χ3n) is 3.19. The van der Waals surface area contributed by atoms with E-state index in [0.717, 1.165) is 40.3 Å². The average Bonchev–Trinajstić information content (AvgIpc) is 2.84. The number of fused-ring (bicyclic) bond motifs is 1. The van der Waals surface area contributed by atoms with Crippen molar-refractivity contribution in [2.45, 2.75) is 20.0 Å². The minimum atomic E-state index is 0.741. The minimum Gasteiger partial charge on any atom is -0.308 e. The van der Waals surface area contributed by atoms with Crippen LogP contribution < -0.4 is 5.32 Å². The van der Waals surface area contributed by atoms with E-state index in [-0.39, 0.29) is 0 Å². The van der Waals surface area contributed by atoms with Crippen LogP contribution in [0.2, 0.25) is 5.02 Å². The third-order valence-corrected chi connectivity index (χ3v) is 4.35. The van der Waals surface area contributed by atoms with E-state index in [2.05, 4.69) is 15.3 Å². The first kappa shape index (κ1) is 13.5. The molecule has 0 atom stereocenters. The second-order valence-electron chi connectivity index (χ2n) is 4.60. The highest BCUT2D eigenvalue weighted by molar-refractivity contribution is 7.09. The van der Waals surface area contributed by atoms with Gasteiger partial charge < -0.3 is 5.32 Å². The summed E-state index contributed by atoms with van der Waals surface area (Å²) < 4.78 is 0. The molecule has 0 fully saturated rings. The Morgan fingerprint density at radius 3 is 2.95 bits per heavy atom. The van der Waals surface area contributed by atoms with E-state index in [1.807, 2.05) is 42.9 Å². The van der Waals surface area contributed by atoms with Crippen LogP contribution >= 0.6 is 22.9 Å². The van der Waals surface area contributed by atoms with Gasteiger partial charge in [-0.1, -0.05) is 17.7 Å². The predicted octanol–water partition coefficient (Wildman–Crippen LogP) is 3.94. The maximum absolute atomic E-state index is 6.16. The lowest BCUT2D eigenvalue weighted by molar-refractivity contribution is 0.699. The molecule has 1 N–H and O–H groups in total. The zero-order valence-corrected chi connectivity index (χ0v) is 12.6. The van der Waals surface area contributed by atoms with Crippen LogP contribution in [0.1, 0.15) is 16.1 Å². The minimum absolute atomic E-state index is 0.741. The quantitative estimate of drug-likeness (QED) is 0.793. The molecule has 0 aliphatic heterocycles. The van der Waals surface area contributed by atoms with Crippen LogP contribution in [0.3, 0.4) is 0 Å². The summed E-state index contributed by atoms with van der Waals surface area (Å²) in [6, 6.07) is 7.88. The van der Waals surface area contributed by atoms with E-state index in [0.29, 0.717) is 0 Å². The van der Waals surface area contributed by atoms with Crippen molar-refractivity contribution in [1.29, 1.82) is 0 Å². The van der Waals surface area contributed by atoms with Gasteiger partial charge in [0.05, 0.1) is 16.7 Å². The third kappa shape index (κ3) is 2.82. The van der Waals surface area contributed by atoms with Gasteiger partial charge in [0.1, 0.15) is 0 Å². The second-order valence-corrected chi connectivity index (χ2v) is 5.98. The van der Waals surface area contributed by atoms with Crippen molar-refractivity contribution >= 4 is 33.8 Å². The van der Waals surface area contributed by atoms with Crippen molar-refractivity contribution in [3.05, 3.63) is 57.1 Å². The van der Waals surface area contributed by atoms with Gasteiger partial charge >= 0.3 is 0 Å². The molecule has 0 aliphatic carbocycles. The lowest BCUT2D eigenvalue weighted by Crippen LogP contribution is -2.13. The fraction of sp³-hybridized carbons (Fsp3) is 0.200. The number of thiazole rings is 1. The van der Waals surface area contributed by atoms with Crippen LogP contribution in [0.5, 0.6) is 0 Å². The molecule has 3 nitrogen and oxygen atoms in total. The molecule has 5 heteroatoms. The van der Waals surface area contributed by atoms with Crippen LogP contribution in [0.4, 0.5) is 0 Å². The molecular weight excluding hydrogens is 290 g/mol. The fourth-order valence-electron chi connectivity index (χ4n) is 2.17. The highest BCUT2D eigenvalue weighted by Crippen LogP contribution is 2.22. The van der Waals surface area contributed by atoms with Crippen molar-refractivity contribution in [2.75, 3.05) is 0 Å². The first-order valence-corrected chi connectivity index (χ1v) is 7.62. The molecule has 3 aromatic rings. The number of aromatic nitrogens is 2. The first-order chi connectivity index (χ1) is 9.74. The van der Waals surface area contributed by atoms with E-state index in [4.69, 9.17) is 11.6 Å². The number of hydrogen-bond acceptors (Lipinski definition) is 4. The van der Waals surface area contributed by atoms with Crippen LogP contribution in [-0.2, 0) is 13.1 Å². The number of pyridine rings is 1. The van der Waals surface area contributed by atoms with Gasteiger partial charge in [-0.25, -0.2) is 4.98 Å². The zero-order valence-electron chi connectivity index (χ0n) is 11.1. The molecule has 2 heterocycles. The molecule has 0 amide bonds. The Hall–Kier alpha value is -1.49. The lowest BCUT2D eigenvalue weighted by Gasteiger charge is -2.08. The van der Waals surface area contributed by atoms with Gasteiger partial charge in [-0.05, 0) is 30.7 Å². The van der Waals surface area contributed by atoms with E-state index >= 15 is 0 Å². The largest absolute Gasteiger partial charge is 0.308 e. The van der Waals surface area contributed by atoms with Crippen molar-refractivity contribution in [2.24, 2.45) is 0 Å². The summed E-state index contributed by atoms with van der Waals surface area (Å²) >= 11 is 7.84. The van der Waals surface area contributed by atoms with Crippen LogP contribution in [-0.4, -0.2) is 9.97 Å². The summed E-state index contributed by atoms with van der Waals surface area (Å²) in [6.07, 6.45) is 1.81. The molecule has 20 heavy (non-hydrogen) atoms. The summed E-state index contributed by atoms with van der Waals surface area (Å²) in [5.41, 5.74) is 5.10. The van der Waals surface area contributed by atoms with E-state index in [9.17, 15) is 0 Å². The van der Waals surface area contributed by atoms with Gasteiger partial charge in [-0.3, -0.25) is 4.98 Å². The molecule has 0 spiro atoms.